The van der Waals surface area contributed by atoms with E-state index in [0.29, 0.717) is 5.56 Å². The number of aliphatic hydroxyl groups is 1. The summed E-state index contributed by atoms with van der Waals surface area (Å²) >= 11 is 0. The van der Waals surface area contributed by atoms with Crippen LogP contribution in [0.1, 0.15) is 11.7 Å². The predicted octanol–water partition coefficient (Wildman–Crippen LogP) is -0.140. The largest absolute Gasteiger partial charge is 0.446 e. The highest BCUT2D eigenvalue weighted by Gasteiger charge is 2.10. The first-order valence-corrected chi connectivity index (χ1v) is 5.44. The molecule has 0 saturated heterocycles. The fourth-order valence-corrected chi connectivity index (χ4v) is 1.38. The van der Waals surface area contributed by atoms with Crippen molar-refractivity contribution in [3.05, 3.63) is 29.8 Å². The highest BCUT2D eigenvalue weighted by molar-refractivity contribution is 7.81. The van der Waals surface area contributed by atoms with Gasteiger partial charge in [-0.3, -0.25) is 4.55 Å². The third-order valence-corrected chi connectivity index (χ3v) is 2.07. The van der Waals surface area contributed by atoms with Crippen LogP contribution in [0.15, 0.2) is 24.3 Å². The van der Waals surface area contributed by atoms with E-state index in [9.17, 15) is 13.5 Å². The molecular formula is C8H11NO5S. The molecule has 0 bridgehead atoms. The molecule has 84 valence electrons. The van der Waals surface area contributed by atoms with Crippen LogP contribution < -0.4 is 9.92 Å². The second-order valence-corrected chi connectivity index (χ2v) is 3.86. The predicted molar refractivity (Wildman–Crippen MR) is 52.6 cm³/mol. The molecular weight excluding hydrogens is 222 g/mol. The van der Waals surface area contributed by atoms with E-state index in [4.69, 9.17) is 10.3 Å². The highest BCUT2D eigenvalue weighted by Crippen LogP contribution is 2.19. The fourth-order valence-electron chi connectivity index (χ4n) is 1.03. The molecule has 1 aromatic carbocycles. The maximum absolute atomic E-state index is 10.4. The van der Waals surface area contributed by atoms with Crippen LogP contribution >= 0.6 is 0 Å². The van der Waals surface area contributed by atoms with Gasteiger partial charge in [0.05, 0.1) is 6.10 Å². The molecule has 15 heavy (non-hydrogen) atoms. The van der Waals surface area contributed by atoms with Gasteiger partial charge in [0.15, 0.2) is 0 Å². The number of nitrogens with two attached hydrogens (primary N) is 1. The Morgan fingerprint density at radius 3 is 2.67 bits per heavy atom. The molecule has 0 radical (unpaired) electrons. The normalized spacial score (nSPS) is 13.5. The zero-order valence-corrected chi connectivity index (χ0v) is 8.52. The molecule has 1 unspecified atom stereocenters. The van der Waals surface area contributed by atoms with Gasteiger partial charge in [0.1, 0.15) is 5.75 Å². The lowest BCUT2D eigenvalue weighted by atomic mass is 10.1. The topological polar surface area (TPSA) is 110 Å². The van der Waals surface area contributed by atoms with Crippen molar-refractivity contribution in [2.75, 3.05) is 6.54 Å². The summed E-state index contributed by atoms with van der Waals surface area (Å²) in [4.78, 5) is 0. The standard InChI is InChI=1S/C8H11NO5S/c9-5-8(10)6-2-1-3-7(4-6)14-15(11,12)13/h1-4,8,10H,5,9H2,(H,11,12,13). The van der Waals surface area contributed by atoms with Gasteiger partial charge in [0.2, 0.25) is 0 Å². The Hall–Kier alpha value is -1.15. The Labute approximate surface area is 87.2 Å². The van der Waals surface area contributed by atoms with Crippen LogP contribution in [0, 0.1) is 0 Å². The van der Waals surface area contributed by atoms with E-state index in [1.54, 1.807) is 6.07 Å². The third kappa shape index (κ3) is 3.84. The van der Waals surface area contributed by atoms with Crippen molar-refractivity contribution in [3.63, 3.8) is 0 Å². The van der Waals surface area contributed by atoms with E-state index in [2.05, 4.69) is 4.18 Å². The average Bonchev–Trinajstić information content (AvgIpc) is 2.14. The molecule has 1 atom stereocenters. The molecule has 0 saturated carbocycles. The second kappa shape index (κ2) is 4.58. The lowest BCUT2D eigenvalue weighted by Gasteiger charge is -2.09. The Balaban J connectivity index is 2.93. The van der Waals surface area contributed by atoms with E-state index in [-0.39, 0.29) is 12.3 Å². The molecule has 0 aliphatic rings. The highest BCUT2D eigenvalue weighted by atomic mass is 32.3. The summed E-state index contributed by atoms with van der Waals surface area (Å²) in [6.45, 7) is 0.00925. The van der Waals surface area contributed by atoms with Gasteiger partial charge in [-0.1, -0.05) is 12.1 Å². The van der Waals surface area contributed by atoms with Crippen LogP contribution in [0.2, 0.25) is 0 Å². The SMILES string of the molecule is NCC(O)c1cccc(OS(=O)(=O)O)c1. The van der Waals surface area contributed by atoms with Gasteiger partial charge in [0.25, 0.3) is 0 Å². The second-order valence-electron chi connectivity index (χ2n) is 2.84. The van der Waals surface area contributed by atoms with Crippen molar-refractivity contribution in [1.29, 1.82) is 0 Å². The molecule has 4 N–H and O–H groups in total. The molecule has 7 heteroatoms. The van der Waals surface area contributed by atoms with Gasteiger partial charge in [-0.25, -0.2) is 0 Å². The Morgan fingerprint density at radius 1 is 1.47 bits per heavy atom. The Morgan fingerprint density at radius 2 is 2.13 bits per heavy atom. The number of hydrogen-bond acceptors (Lipinski definition) is 5. The van der Waals surface area contributed by atoms with Crippen LogP contribution in [0.5, 0.6) is 5.75 Å². The molecule has 0 heterocycles. The zero-order chi connectivity index (χ0) is 11.5. The zero-order valence-electron chi connectivity index (χ0n) is 7.70. The van der Waals surface area contributed by atoms with E-state index in [0.717, 1.165) is 0 Å². The fraction of sp³-hybridized carbons (Fsp3) is 0.250. The summed E-state index contributed by atoms with van der Waals surface area (Å²) in [7, 11) is -4.54. The maximum Gasteiger partial charge on any atom is 0.446 e. The first-order valence-electron chi connectivity index (χ1n) is 4.07. The summed E-state index contributed by atoms with van der Waals surface area (Å²) < 4.78 is 33.4. The van der Waals surface area contributed by atoms with Crippen molar-refractivity contribution in [3.8, 4) is 5.75 Å². The van der Waals surface area contributed by atoms with E-state index < -0.39 is 16.5 Å². The minimum Gasteiger partial charge on any atom is -0.387 e. The van der Waals surface area contributed by atoms with Gasteiger partial charge >= 0.3 is 10.4 Å². The lowest BCUT2D eigenvalue weighted by Crippen LogP contribution is -2.12. The first kappa shape index (κ1) is 11.9. The summed E-state index contributed by atoms with van der Waals surface area (Å²) in [5.74, 6) is -0.0810. The van der Waals surface area contributed by atoms with Crippen LogP contribution in [-0.4, -0.2) is 24.6 Å². The third-order valence-electron chi connectivity index (χ3n) is 1.67. The van der Waals surface area contributed by atoms with Crippen molar-refractivity contribution < 1.29 is 22.3 Å². The molecule has 0 fully saturated rings. The van der Waals surface area contributed by atoms with Crippen LogP contribution in [-0.2, 0) is 10.4 Å². The molecule has 0 aliphatic carbocycles. The molecule has 0 aliphatic heterocycles. The summed E-state index contributed by atoms with van der Waals surface area (Å²) in [6, 6.07) is 5.66. The van der Waals surface area contributed by atoms with Gasteiger partial charge < -0.3 is 15.0 Å². The molecule has 0 amide bonds. The van der Waals surface area contributed by atoms with Gasteiger partial charge in [-0.2, -0.15) is 8.42 Å². The molecule has 1 rings (SSSR count). The summed E-state index contributed by atoms with van der Waals surface area (Å²) in [5.41, 5.74) is 5.64. The van der Waals surface area contributed by atoms with Crippen LogP contribution in [0.4, 0.5) is 0 Å². The summed E-state index contributed by atoms with van der Waals surface area (Å²) in [5, 5.41) is 9.36. The van der Waals surface area contributed by atoms with Gasteiger partial charge in [-0.05, 0) is 17.7 Å². The van der Waals surface area contributed by atoms with E-state index in [1.165, 1.54) is 18.2 Å². The van der Waals surface area contributed by atoms with Crippen LogP contribution in [0.3, 0.4) is 0 Å². The first-order chi connectivity index (χ1) is 6.92. The lowest BCUT2D eigenvalue weighted by molar-refractivity contribution is 0.186. The van der Waals surface area contributed by atoms with E-state index in [1.807, 2.05) is 0 Å². The van der Waals surface area contributed by atoms with Crippen LogP contribution in [0.25, 0.3) is 0 Å². The van der Waals surface area contributed by atoms with Crippen molar-refractivity contribution in [1.82, 2.24) is 0 Å². The molecule has 6 nitrogen and oxygen atoms in total. The van der Waals surface area contributed by atoms with Crippen molar-refractivity contribution in [2.45, 2.75) is 6.10 Å². The number of rotatable bonds is 4. The molecule has 1 aromatic rings. The smallest absolute Gasteiger partial charge is 0.387 e. The maximum atomic E-state index is 10.4. The van der Waals surface area contributed by atoms with Gasteiger partial charge in [0, 0.05) is 6.54 Å². The molecule has 0 spiro atoms. The monoisotopic (exact) mass is 233 g/mol. The Kier molecular flexibility index (Phi) is 3.64. The minimum atomic E-state index is -4.54. The Bertz CT molecular complexity index is 430. The van der Waals surface area contributed by atoms with Crippen molar-refractivity contribution in [2.24, 2.45) is 5.73 Å². The number of hydrogen-bond donors (Lipinski definition) is 3. The average molecular weight is 233 g/mol. The summed E-state index contributed by atoms with van der Waals surface area (Å²) in [6.07, 6.45) is -0.894. The molecule has 0 aromatic heterocycles. The minimum absolute atomic E-state index is 0.00925. The van der Waals surface area contributed by atoms with Crippen molar-refractivity contribution >= 4 is 10.4 Å². The van der Waals surface area contributed by atoms with E-state index >= 15 is 0 Å². The number of aliphatic hydroxyl groups excluding tert-OH is 1. The quantitative estimate of drug-likeness (QED) is 0.624. The number of benzene rings is 1. The van der Waals surface area contributed by atoms with Gasteiger partial charge in [-0.15, -0.1) is 0 Å².